The average Bonchev–Trinajstić information content (AvgIpc) is 2.48. The lowest BCUT2D eigenvalue weighted by atomic mass is 9.77. The lowest BCUT2D eigenvalue weighted by Gasteiger charge is -2.23. The van der Waals surface area contributed by atoms with Gasteiger partial charge in [0.05, 0.1) is 23.1 Å². The maximum Gasteiger partial charge on any atom is 0.0995 e. The molecule has 0 fully saturated rings. The summed E-state index contributed by atoms with van der Waals surface area (Å²) < 4.78 is 0. The Balaban J connectivity index is 2.44. The quantitative estimate of drug-likeness (QED) is 0.831. The molecule has 0 saturated carbocycles. The Hall–Kier alpha value is -2.58. The zero-order valence-corrected chi connectivity index (χ0v) is 10.8. The van der Waals surface area contributed by atoms with E-state index < -0.39 is 5.41 Å². The van der Waals surface area contributed by atoms with Gasteiger partial charge in [-0.1, -0.05) is 48.5 Å². The molecule has 0 N–H and O–H groups in total. The van der Waals surface area contributed by atoms with Crippen LogP contribution in [0.5, 0.6) is 0 Å². The van der Waals surface area contributed by atoms with Gasteiger partial charge in [0.2, 0.25) is 0 Å². The summed E-state index contributed by atoms with van der Waals surface area (Å²) in [6.45, 7) is 1.89. The number of rotatable bonds is 3. The Kier molecular flexibility index (Phi) is 3.64. The molecule has 1 unspecified atom stereocenters. The maximum atomic E-state index is 9.56. The van der Waals surface area contributed by atoms with Crippen LogP contribution in [0.3, 0.4) is 0 Å². The van der Waals surface area contributed by atoms with Gasteiger partial charge in [0.15, 0.2) is 0 Å². The fourth-order valence-corrected chi connectivity index (χ4v) is 2.26. The summed E-state index contributed by atoms with van der Waals surface area (Å²) in [5, 5.41) is 18.7. The van der Waals surface area contributed by atoms with Gasteiger partial charge < -0.3 is 0 Å². The van der Waals surface area contributed by atoms with Crippen LogP contribution in [0, 0.1) is 22.7 Å². The van der Waals surface area contributed by atoms with Gasteiger partial charge in [-0.05, 0) is 30.5 Å². The topological polar surface area (TPSA) is 47.6 Å². The van der Waals surface area contributed by atoms with E-state index in [1.54, 1.807) is 6.07 Å². The van der Waals surface area contributed by atoms with Crippen molar-refractivity contribution in [3.8, 4) is 12.1 Å². The molecular formula is C17H14N2. The van der Waals surface area contributed by atoms with E-state index in [2.05, 4.69) is 12.1 Å². The third kappa shape index (κ3) is 2.64. The average molecular weight is 246 g/mol. The molecule has 0 aliphatic rings. The van der Waals surface area contributed by atoms with E-state index in [4.69, 9.17) is 0 Å². The summed E-state index contributed by atoms with van der Waals surface area (Å²) >= 11 is 0. The van der Waals surface area contributed by atoms with Crippen molar-refractivity contribution in [2.24, 2.45) is 0 Å². The van der Waals surface area contributed by atoms with Crippen LogP contribution in [0.1, 0.15) is 23.6 Å². The Morgan fingerprint density at radius 1 is 0.947 bits per heavy atom. The van der Waals surface area contributed by atoms with Crippen LogP contribution < -0.4 is 0 Å². The molecule has 0 aromatic heterocycles. The number of nitriles is 2. The van der Waals surface area contributed by atoms with E-state index in [1.807, 2.05) is 55.5 Å². The smallest absolute Gasteiger partial charge is 0.0995 e. The molecule has 19 heavy (non-hydrogen) atoms. The van der Waals surface area contributed by atoms with E-state index in [9.17, 15) is 10.5 Å². The minimum atomic E-state index is -0.687. The largest absolute Gasteiger partial charge is 0.197 e. The minimum absolute atomic E-state index is 0.572. The first-order valence-electron chi connectivity index (χ1n) is 6.14. The van der Waals surface area contributed by atoms with Crippen molar-refractivity contribution < 1.29 is 0 Å². The van der Waals surface area contributed by atoms with Crippen LogP contribution >= 0.6 is 0 Å². The highest BCUT2D eigenvalue weighted by Crippen LogP contribution is 2.29. The first-order valence-corrected chi connectivity index (χ1v) is 6.14. The van der Waals surface area contributed by atoms with Gasteiger partial charge in [-0.25, -0.2) is 0 Å². The molecule has 2 aromatic carbocycles. The van der Waals surface area contributed by atoms with E-state index in [0.717, 1.165) is 11.1 Å². The van der Waals surface area contributed by atoms with Gasteiger partial charge in [-0.15, -0.1) is 0 Å². The third-order valence-corrected chi connectivity index (χ3v) is 3.29. The fourth-order valence-electron chi connectivity index (χ4n) is 2.26. The Bertz CT molecular complexity index is 647. The van der Waals surface area contributed by atoms with Gasteiger partial charge in [0.1, 0.15) is 0 Å². The van der Waals surface area contributed by atoms with Gasteiger partial charge >= 0.3 is 0 Å². The van der Waals surface area contributed by atoms with Crippen LogP contribution in [0.15, 0.2) is 54.6 Å². The molecule has 0 spiro atoms. The molecule has 0 saturated heterocycles. The van der Waals surface area contributed by atoms with Crippen molar-refractivity contribution in [2.45, 2.75) is 18.8 Å². The second kappa shape index (κ2) is 5.38. The minimum Gasteiger partial charge on any atom is -0.197 e. The molecule has 2 nitrogen and oxygen atoms in total. The SMILES string of the molecule is CC(C#N)(Cc1ccccc1)c1ccccc1C#N. The van der Waals surface area contributed by atoms with Crippen molar-refractivity contribution >= 4 is 0 Å². The van der Waals surface area contributed by atoms with Gasteiger partial charge in [0.25, 0.3) is 0 Å². The monoisotopic (exact) mass is 246 g/mol. The zero-order valence-electron chi connectivity index (χ0n) is 10.8. The van der Waals surface area contributed by atoms with E-state index in [-0.39, 0.29) is 0 Å². The molecule has 0 bridgehead atoms. The normalized spacial score (nSPS) is 13.0. The molecule has 0 aliphatic heterocycles. The molecule has 0 heterocycles. The Morgan fingerprint density at radius 3 is 2.21 bits per heavy atom. The molecule has 2 rings (SSSR count). The van der Waals surface area contributed by atoms with Crippen molar-refractivity contribution in [2.75, 3.05) is 0 Å². The molecule has 0 amide bonds. The number of hydrogen-bond donors (Lipinski definition) is 0. The lowest BCUT2D eigenvalue weighted by Crippen LogP contribution is -2.24. The van der Waals surface area contributed by atoms with Gasteiger partial charge in [0, 0.05) is 0 Å². The van der Waals surface area contributed by atoms with Crippen molar-refractivity contribution in [1.29, 1.82) is 10.5 Å². The highest BCUT2D eigenvalue weighted by atomic mass is 14.4. The van der Waals surface area contributed by atoms with Crippen LogP contribution in [0.2, 0.25) is 0 Å². The third-order valence-electron chi connectivity index (χ3n) is 3.29. The van der Waals surface area contributed by atoms with Crippen LogP contribution in [0.25, 0.3) is 0 Å². The summed E-state index contributed by atoms with van der Waals surface area (Å²) in [7, 11) is 0. The number of benzene rings is 2. The zero-order chi connectivity index (χ0) is 13.7. The molecular weight excluding hydrogens is 232 g/mol. The van der Waals surface area contributed by atoms with E-state index >= 15 is 0 Å². The predicted octanol–water partition coefficient (Wildman–Crippen LogP) is 3.58. The number of hydrogen-bond acceptors (Lipinski definition) is 2. The van der Waals surface area contributed by atoms with E-state index in [0.29, 0.717) is 12.0 Å². The van der Waals surface area contributed by atoms with Crippen LogP contribution in [-0.2, 0) is 11.8 Å². The van der Waals surface area contributed by atoms with Gasteiger partial charge in [-0.3, -0.25) is 0 Å². The second-order valence-electron chi connectivity index (χ2n) is 4.76. The summed E-state index contributed by atoms with van der Waals surface area (Å²) in [4.78, 5) is 0. The Labute approximate surface area is 113 Å². The Morgan fingerprint density at radius 2 is 1.58 bits per heavy atom. The first-order chi connectivity index (χ1) is 9.19. The van der Waals surface area contributed by atoms with Crippen molar-refractivity contribution in [3.05, 3.63) is 71.3 Å². The highest BCUT2D eigenvalue weighted by molar-refractivity contribution is 5.46. The summed E-state index contributed by atoms with van der Waals surface area (Å²) in [5.41, 5.74) is 1.78. The number of nitrogens with zero attached hydrogens (tertiary/aromatic N) is 2. The lowest BCUT2D eigenvalue weighted by molar-refractivity contribution is 0.605. The van der Waals surface area contributed by atoms with Crippen molar-refractivity contribution in [3.63, 3.8) is 0 Å². The molecule has 92 valence electrons. The van der Waals surface area contributed by atoms with E-state index in [1.165, 1.54) is 0 Å². The molecule has 1 atom stereocenters. The molecule has 2 aromatic rings. The molecule has 2 heteroatoms. The maximum absolute atomic E-state index is 9.56. The summed E-state index contributed by atoms with van der Waals surface area (Å²) in [5.74, 6) is 0. The standard InChI is InChI=1S/C17H14N2/c1-17(13-19,11-14-7-3-2-4-8-14)16-10-6-5-9-15(16)12-18/h2-10H,11H2,1H3. The summed E-state index contributed by atoms with van der Waals surface area (Å²) in [6, 6.07) is 21.7. The first kappa shape index (κ1) is 12.9. The van der Waals surface area contributed by atoms with Crippen LogP contribution in [0.4, 0.5) is 0 Å². The van der Waals surface area contributed by atoms with Crippen LogP contribution in [-0.4, -0.2) is 0 Å². The summed E-state index contributed by atoms with van der Waals surface area (Å²) in [6.07, 6.45) is 0.600. The second-order valence-corrected chi connectivity index (χ2v) is 4.76. The fraction of sp³-hybridized carbons (Fsp3) is 0.176. The predicted molar refractivity (Wildman–Crippen MR) is 74.3 cm³/mol. The molecule has 0 radical (unpaired) electrons. The van der Waals surface area contributed by atoms with Gasteiger partial charge in [-0.2, -0.15) is 10.5 Å². The van der Waals surface area contributed by atoms with Crippen molar-refractivity contribution in [1.82, 2.24) is 0 Å². The molecule has 0 aliphatic carbocycles. The highest BCUT2D eigenvalue weighted by Gasteiger charge is 2.29.